The summed E-state index contributed by atoms with van der Waals surface area (Å²) in [6.07, 6.45) is 3.57. The van der Waals surface area contributed by atoms with Gasteiger partial charge in [-0.05, 0) is 23.1 Å². The van der Waals surface area contributed by atoms with Gasteiger partial charge in [0, 0.05) is 17.8 Å². The van der Waals surface area contributed by atoms with E-state index in [9.17, 15) is 0 Å². The zero-order chi connectivity index (χ0) is 9.26. The average molecular weight is 212 g/mol. The Balaban J connectivity index is 2.62. The summed E-state index contributed by atoms with van der Waals surface area (Å²) in [6.45, 7) is 0. The molecule has 0 aliphatic heterocycles. The lowest BCUT2D eigenvalue weighted by molar-refractivity contribution is 1.33. The van der Waals surface area contributed by atoms with Crippen LogP contribution in [-0.2, 0) is 0 Å². The molecule has 0 spiro atoms. The normalized spacial score (nSPS) is 11.0. The smallest absolute Gasteiger partial charge is 0.132 e. The molecule has 0 aliphatic carbocycles. The van der Waals surface area contributed by atoms with Crippen molar-refractivity contribution in [2.45, 2.75) is 4.84 Å². The molecule has 2 rings (SSSR count). The fourth-order valence-electron chi connectivity index (χ4n) is 1.24. The molecule has 1 heterocycles. The van der Waals surface area contributed by atoms with E-state index in [2.05, 4.69) is 4.98 Å². The van der Waals surface area contributed by atoms with Gasteiger partial charge in [0.1, 0.15) is 4.84 Å². The van der Waals surface area contributed by atoms with Crippen LogP contribution in [0.15, 0.2) is 36.7 Å². The summed E-state index contributed by atoms with van der Waals surface area (Å²) in [7, 11) is 0. The van der Waals surface area contributed by atoms with E-state index in [-0.39, 0.29) is 0 Å². The van der Waals surface area contributed by atoms with Crippen molar-refractivity contribution in [3.8, 4) is 0 Å². The minimum absolute atomic E-state index is 0.468. The van der Waals surface area contributed by atoms with Gasteiger partial charge in [-0.2, -0.15) is 0 Å². The molecule has 2 aromatic rings. The van der Waals surface area contributed by atoms with Crippen molar-refractivity contribution in [1.29, 1.82) is 0 Å². The van der Waals surface area contributed by atoms with Gasteiger partial charge in [-0.15, -0.1) is 23.2 Å². The number of halogens is 2. The van der Waals surface area contributed by atoms with E-state index in [1.54, 1.807) is 12.4 Å². The molecule has 1 nitrogen and oxygen atoms in total. The topological polar surface area (TPSA) is 12.9 Å². The van der Waals surface area contributed by atoms with Gasteiger partial charge in [-0.3, -0.25) is 4.98 Å². The third kappa shape index (κ3) is 1.77. The first-order valence-electron chi connectivity index (χ1n) is 3.89. The molecule has 1 aromatic carbocycles. The van der Waals surface area contributed by atoms with E-state index in [1.807, 2.05) is 24.3 Å². The van der Waals surface area contributed by atoms with Crippen LogP contribution in [-0.4, -0.2) is 4.98 Å². The summed E-state index contributed by atoms with van der Waals surface area (Å²) in [5.74, 6) is 0. The molecule has 0 N–H and O–H groups in total. The maximum atomic E-state index is 5.75. The SMILES string of the molecule is ClC(Cl)c1ccc2ccncc2c1. The van der Waals surface area contributed by atoms with E-state index in [1.165, 1.54) is 0 Å². The van der Waals surface area contributed by atoms with Crippen LogP contribution in [0, 0.1) is 0 Å². The summed E-state index contributed by atoms with van der Waals surface area (Å²) < 4.78 is 0. The Bertz CT molecular complexity index is 426. The highest BCUT2D eigenvalue weighted by atomic mass is 35.5. The van der Waals surface area contributed by atoms with Gasteiger partial charge >= 0.3 is 0 Å². The lowest BCUT2D eigenvalue weighted by Gasteiger charge is -2.02. The highest BCUT2D eigenvalue weighted by Crippen LogP contribution is 2.27. The van der Waals surface area contributed by atoms with Crippen molar-refractivity contribution in [3.63, 3.8) is 0 Å². The molecule has 13 heavy (non-hydrogen) atoms. The van der Waals surface area contributed by atoms with E-state index >= 15 is 0 Å². The number of fused-ring (bicyclic) bond motifs is 1. The number of benzene rings is 1. The molecule has 0 unspecified atom stereocenters. The standard InChI is InChI=1S/C10H7Cl2N/c11-10(12)8-2-1-7-3-4-13-6-9(7)5-8/h1-6,10H. The van der Waals surface area contributed by atoms with Crippen molar-refractivity contribution < 1.29 is 0 Å². The van der Waals surface area contributed by atoms with Gasteiger partial charge in [0.25, 0.3) is 0 Å². The van der Waals surface area contributed by atoms with E-state index in [0.29, 0.717) is 0 Å². The molecule has 0 bridgehead atoms. The van der Waals surface area contributed by atoms with Crippen LogP contribution in [0.25, 0.3) is 10.8 Å². The third-order valence-electron chi connectivity index (χ3n) is 1.92. The van der Waals surface area contributed by atoms with Crippen LogP contribution in [0.5, 0.6) is 0 Å². The quantitative estimate of drug-likeness (QED) is 0.656. The number of aromatic nitrogens is 1. The van der Waals surface area contributed by atoms with Gasteiger partial charge in [0.05, 0.1) is 0 Å². The largest absolute Gasteiger partial charge is 0.264 e. The second-order valence-corrected chi connectivity index (χ2v) is 3.88. The Kier molecular flexibility index (Phi) is 2.38. The van der Waals surface area contributed by atoms with Crippen LogP contribution in [0.4, 0.5) is 0 Å². The van der Waals surface area contributed by atoms with Crippen LogP contribution < -0.4 is 0 Å². The third-order valence-corrected chi connectivity index (χ3v) is 2.42. The van der Waals surface area contributed by atoms with Crippen molar-refractivity contribution >= 4 is 34.0 Å². The van der Waals surface area contributed by atoms with Gasteiger partial charge in [0.15, 0.2) is 0 Å². The Morgan fingerprint density at radius 2 is 1.92 bits per heavy atom. The summed E-state index contributed by atoms with van der Waals surface area (Å²) in [5, 5.41) is 2.21. The van der Waals surface area contributed by atoms with Gasteiger partial charge in [-0.25, -0.2) is 0 Å². The fourth-order valence-corrected chi connectivity index (χ4v) is 1.51. The number of hydrogen-bond acceptors (Lipinski definition) is 1. The lowest BCUT2D eigenvalue weighted by Crippen LogP contribution is -1.82. The molecule has 0 fully saturated rings. The number of alkyl halides is 2. The molecule has 0 amide bonds. The molecule has 1 aromatic heterocycles. The highest BCUT2D eigenvalue weighted by Gasteiger charge is 2.03. The van der Waals surface area contributed by atoms with Crippen LogP contribution in [0.2, 0.25) is 0 Å². The van der Waals surface area contributed by atoms with Crippen molar-refractivity contribution in [2.75, 3.05) is 0 Å². The summed E-state index contributed by atoms with van der Waals surface area (Å²) >= 11 is 11.5. The molecule has 0 aliphatic rings. The lowest BCUT2D eigenvalue weighted by atomic mass is 10.1. The zero-order valence-electron chi connectivity index (χ0n) is 6.74. The highest BCUT2D eigenvalue weighted by molar-refractivity contribution is 6.44. The summed E-state index contributed by atoms with van der Waals surface area (Å²) in [5.41, 5.74) is 0.906. The Hall–Kier alpha value is -0.790. The minimum Gasteiger partial charge on any atom is -0.264 e. The Labute approximate surface area is 86.3 Å². The predicted molar refractivity (Wildman–Crippen MR) is 56.2 cm³/mol. The molecule has 0 radical (unpaired) electrons. The van der Waals surface area contributed by atoms with Crippen LogP contribution >= 0.6 is 23.2 Å². The second kappa shape index (κ2) is 3.52. The van der Waals surface area contributed by atoms with Crippen LogP contribution in [0.3, 0.4) is 0 Å². The predicted octanol–water partition coefficient (Wildman–Crippen LogP) is 3.71. The van der Waals surface area contributed by atoms with Gasteiger partial charge in [-0.1, -0.05) is 12.1 Å². The number of nitrogens with zero attached hydrogens (tertiary/aromatic N) is 1. The van der Waals surface area contributed by atoms with Gasteiger partial charge < -0.3 is 0 Å². The zero-order valence-corrected chi connectivity index (χ0v) is 8.26. The monoisotopic (exact) mass is 211 g/mol. The first kappa shape index (κ1) is 8.79. The maximum absolute atomic E-state index is 5.75. The molecule has 0 atom stereocenters. The fraction of sp³-hybridized carbons (Fsp3) is 0.100. The molecule has 3 heteroatoms. The molecule has 0 saturated carbocycles. The molecule has 0 saturated heterocycles. The molecule has 66 valence electrons. The number of hydrogen-bond donors (Lipinski definition) is 0. The van der Waals surface area contributed by atoms with Crippen LogP contribution in [0.1, 0.15) is 10.4 Å². The first-order valence-corrected chi connectivity index (χ1v) is 4.76. The molecular formula is C10H7Cl2N. The van der Waals surface area contributed by atoms with E-state index < -0.39 is 4.84 Å². The Morgan fingerprint density at radius 3 is 2.69 bits per heavy atom. The van der Waals surface area contributed by atoms with E-state index in [0.717, 1.165) is 16.3 Å². The van der Waals surface area contributed by atoms with Crippen molar-refractivity contribution in [3.05, 3.63) is 42.2 Å². The van der Waals surface area contributed by atoms with E-state index in [4.69, 9.17) is 23.2 Å². The second-order valence-electron chi connectivity index (χ2n) is 2.78. The van der Waals surface area contributed by atoms with Gasteiger partial charge in [0.2, 0.25) is 0 Å². The summed E-state index contributed by atoms with van der Waals surface area (Å²) in [4.78, 5) is 3.56. The average Bonchev–Trinajstić information content (AvgIpc) is 2.17. The Morgan fingerprint density at radius 1 is 1.08 bits per heavy atom. The van der Waals surface area contributed by atoms with Crippen molar-refractivity contribution in [1.82, 2.24) is 4.98 Å². The maximum Gasteiger partial charge on any atom is 0.132 e. The first-order chi connectivity index (χ1) is 6.27. The minimum atomic E-state index is -0.468. The molecular weight excluding hydrogens is 205 g/mol. The summed E-state index contributed by atoms with van der Waals surface area (Å²) in [6, 6.07) is 7.82. The number of pyridine rings is 1. The number of rotatable bonds is 1. The van der Waals surface area contributed by atoms with Crippen molar-refractivity contribution in [2.24, 2.45) is 0 Å².